The van der Waals surface area contributed by atoms with Gasteiger partial charge >= 0.3 is 5.97 Å². The molecule has 132 valence electrons. The first-order valence-electron chi connectivity index (χ1n) is 7.66. The molecule has 0 aliphatic carbocycles. The lowest BCUT2D eigenvalue weighted by Gasteiger charge is -2.09. The van der Waals surface area contributed by atoms with Crippen molar-refractivity contribution in [3.63, 3.8) is 0 Å². The highest BCUT2D eigenvalue weighted by Crippen LogP contribution is 2.33. The monoisotopic (exact) mass is 354 g/mol. The molecule has 0 bridgehead atoms. The molecular weight excluding hydrogens is 340 g/mol. The Labute approximate surface area is 147 Å². The zero-order valence-electron chi connectivity index (χ0n) is 14.0. The van der Waals surface area contributed by atoms with E-state index in [0.29, 0.717) is 16.6 Å². The van der Waals surface area contributed by atoms with Crippen LogP contribution in [0, 0.1) is 10.1 Å². The molecule has 9 heteroatoms. The van der Waals surface area contributed by atoms with E-state index in [9.17, 15) is 14.9 Å². The Morgan fingerprint density at radius 2 is 2.04 bits per heavy atom. The van der Waals surface area contributed by atoms with Crippen molar-refractivity contribution in [2.45, 2.75) is 6.92 Å². The number of benzene rings is 1. The average Bonchev–Trinajstić information content (AvgIpc) is 2.66. The van der Waals surface area contributed by atoms with Gasteiger partial charge in [0.1, 0.15) is 0 Å². The number of nitro groups is 1. The van der Waals surface area contributed by atoms with Crippen LogP contribution in [0.4, 0.5) is 5.69 Å². The van der Waals surface area contributed by atoms with E-state index in [1.54, 1.807) is 25.3 Å². The number of nitrogens with zero attached hydrogens (tertiary/aromatic N) is 4. The average molecular weight is 354 g/mol. The van der Waals surface area contributed by atoms with Crippen LogP contribution in [0.2, 0.25) is 0 Å². The van der Waals surface area contributed by atoms with Gasteiger partial charge in [0.15, 0.2) is 0 Å². The number of carbonyl (C=O) groups excluding carboxylic acids is 1. The molecule has 0 fully saturated rings. The van der Waals surface area contributed by atoms with Crippen molar-refractivity contribution in [1.29, 1.82) is 0 Å². The molecule has 0 unspecified atom stereocenters. The van der Waals surface area contributed by atoms with E-state index in [1.165, 1.54) is 25.4 Å². The minimum Gasteiger partial charge on any atom is -0.479 e. The molecule has 0 N–H and O–H groups in total. The number of hydrogen-bond acceptors (Lipinski definition) is 8. The Bertz CT molecular complexity index is 991. The van der Waals surface area contributed by atoms with Gasteiger partial charge in [-0.15, -0.1) is 0 Å². The fourth-order valence-electron chi connectivity index (χ4n) is 2.45. The number of aromatic nitrogens is 3. The van der Waals surface area contributed by atoms with E-state index in [2.05, 4.69) is 15.0 Å². The maximum Gasteiger partial charge on any atom is 0.362 e. The number of fused-ring (bicyclic) bond motifs is 1. The molecule has 0 spiro atoms. The van der Waals surface area contributed by atoms with Gasteiger partial charge in [0, 0.05) is 24.0 Å². The van der Waals surface area contributed by atoms with Crippen LogP contribution < -0.4 is 4.74 Å². The summed E-state index contributed by atoms with van der Waals surface area (Å²) >= 11 is 0. The van der Waals surface area contributed by atoms with E-state index in [4.69, 9.17) is 9.47 Å². The standard InChI is InChI=1S/C17H14N4O5/c1-3-26-17(22)15-16(25-2)20-13-8-14(21(23)24)11(7-12(13)19-15)10-5-4-6-18-9-10/h4-9H,3H2,1-2H3. The third kappa shape index (κ3) is 3.14. The smallest absolute Gasteiger partial charge is 0.362 e. The Morgan fingerprint density at radius 1 is 1.27 bits per heavy atom. The second-order valence-electron chi connectivity index (χ2n) is 5.16. The van der Waals surface area contributed by atoms with Gasteiger partial charge in [-0.05, 0) is 19.1 Å². The lowest BCUT2D eigenvalue weighted by Crippen LogP contribution is -2.11. The molecule has 1 aromatic carbocycles. The Balaban J connectivity index is 2.27. The molecule has 2 heterocycles. The van der Waals surface area contributed by atoms with E-state index < -0.39 is 10.9 Å². The molecule has 3 rings (SSSR count). The van der Waals surface area contributed by atoms with Gasteiger partial charge in [-0.3, -0.25) is 15.1 Å². The van der Waals surface area contributed by atoms with Gasteiger partial charge in [0.25, 0.3) is 5.69 Å². The van der Waals surface area contributed by atoms with Crippen molar-refractivity contribution in [3.8, 4) is 17.0 Å². The van der Waals surface area contributed by atoms with Crippen LogP contribution in [0.1, 0.15) is 17.4 Å². The first-order valence-corrected chi connectivity index (χ1v) is 7.66. The van der Waals surface area contributed by atoms with Crippen molar-refractivity contribution < 1.29 is 19.2 Å². The number of pyridine rings is 1. The normalized spacial score (nSPS) is 10.5. The predicted molar refractivity (Wildman–Crippen MR) is 91.9 cm³/mol. The first-order chi connectivity index (χ1) is 12.5. The van der Waals surface area contributed by atoms with Crippen LogP contribution in [-0.4, -0.2) is 39.6 Å². The van der Waals surface area contributed by atoms with Gasteiger partial charge in [-0.1, -0.05) is 6.07 Å². The number of rotatable bonds is 5. The molecule has 0 amide bonds. The highest BCUT2D eigenvalue weighted by molar-refractivity contribution is 5.94. The van der Waals surface area contributed by atoms with Crippen LogP contribution in [0.15, 0.2) is 36.7 Å². The highest BCUT2D eigenvalue weighted by Gasteiger charge is 2.23. The summed E-state index contributed by atoms with van der Waals surface area (Å²) in [4.78, 5) is 35.5. The molecule has 0 aliphatic heterocycles. The van der Waals surface area contributed by atoms with Gasteiger partial charge in [0.2, 0.25) is 11.6 Å². The van der Waals surface area contributed by atoms with Crippen LogP contribution in [0.5, 0.6) is 5.88 Å². The number of nitro benzene ring substituents is 1. The lowest BCUT2D eigenvalue weighted by molar-refractivity contribution is -0.384. The number of methoxy groups -OCH3 is 1. The van der Waals surface area contributed by atoms with Gasteiger partial charge in [0.05, 0.1) is 35.2 Å². The van der Waals surface area contributed by atoms with E-state index in [1.807, 2.05) is 0 Å². The summed E-state index contributed by atoms with van der Waals surface area (Å²) in [6.07, 6.45) is 3.08. The van der Waals surface area contributed by atoms with Crippen LogP contribution >= 0.6 is 0 Å². The molecule has 0 radical (unpaired) electrons. The van der Waals surface area contributed by atoms with Crippen LogP contribution in [0.3, 0.4) is 0 Å². The number of hydrogen-bond donors (Lipinski definition) is 0. The molecule has 26 heavy (non-hydrogen) atoms. The maximum atomic E-state index is 12.1. The van der Waals surface area contributed by atoms with E-state index in [-0.39, 0.29) is 29.4 Å². The lowest BCUT2D eigenvalue weighted by atomic mass is 10.0. The van der Waals surface area contributed by atoms with Crippen molar-refractivity contribution in [2.75, 3.05) is 13.7 Å². The van der Waals surface area contributed by atoms with Crippen molar-refractivity contribution in [3.05, 3.63) is 52.5 Å². The second-order valence-corrected chi connectivity index (χ2v) is 5.16. The second kappa shape index (κ2) is 7.09. The minimum atomic E-state index is -0.681. The summed E-state index contributed by atoms with van der Waals surface area (Å²) in [5.41, 5.74) is 1.17. The summed E-state index contributed by atoms with van der Waals surface area (Å²) in [6.45, 7) is 1.84. The maximum absolute atomic E-state index is 12.1. The van der Waals surface area contributed by atoms with Crippen LogP contribution in [0.25, 0.3) is 22.2 Å². The van der Waals surface area contributed by atoms with Gasteiger partial charge in [-0.25, -0.2) is 14.8 Å². The minimum absolute atomic E-state index is 0.0561. The summed E-state index contributed by atoms with van der Waals surface area (Å²) in [5, 5.41) is 11.5. The van der Waals surface area contributed by atoms with Crippen LogP contribution in [-0.2, 0) is 4.74 Å². The van der Waals surface area contributed by atoms with Crippen molar-refractivity contribution >= 4 is 22.7 Å². The quantitative estimate of drug-likeness (QED) is 0.390. The van der Waals surface area contributed by atoms with E-state index in [0.717, 1.165) is 0 Å². The molecule has 2 aromatic heterocycles. The Kier molecular flexibility index (Phi) is 4.70. The molecule has 0 saturated heterocycles. The fourth-order valence-corrected chi connectivity index (χ4v) is 2.45. The third-order valence-corrected chi connectivity index (χ3v) is 3.58. The van der Waals surface area contributed by atoms with E-state index >= 15 is 0 Å². The highest BCUT2D eigenvalue weighted by atomic mass is 16.6. The van der Waals surface area contributed by atoms with Crippen molar-refractivity contribution in [1.82, 2.24) is 15.0 Å². The molecule has 3 aromatic rings. The SMILES string of the molecule is CCOC(=O)c1nc2cc(-c3cccnc3)c([N+](=O)[O-])cc2nc1OC. The topological polar surface area (TPSA) is 117 Å². The van der Waals surface area contributed by atoms with Crippen molar-refractivity contribution in [2.24, 2.45) is 0 Å². The molecule has 9 nitrogen and oxygen atoms in total. The first kappa shape index (κ1) is 17.2. The fraction of sp³-hybridized carbons (Fsp3) is 0.176. The van der Waals surface area contributed by atoms with Gasteiger partial charge in [-0.2, -0.15) is 0 Å². The summed E-state index contributed by atoms with van der Waals surface area (Å²) < 4.78 is 10.0. The summed E-state index contributed by atoms with van der Waals surface area (Å²) in [5.74, 6) is -0.737. The summed E-state index contributed by atoms with van der Waals surface area (Å²) in [6, 6.07) is 6.17. The summed E-state index contributed by atoms with van der Waals surface area (Å²) in [7, 11) is 1.33. The molecule has 0 aliphatic rings. The molecule has 0 saturated carbocycles. The largest absolute Gasteiger partial charge is 0.479 e. The number of ether oxygens (including phenoxy) is 2. The molecule has 0 atom stereocenters. The third-order valence-electron chi connectivity index (χ3n) is 3.58. The number of esters is 1. The Morgan fingerprint density at radius 3 is 2.65 bits per heavy atom. The predicted octanol–water partition coefficient (Wildman–Crippen LogP) is 2.79. The molecular formula is C17H14N4O5. The zero-order valence-corrected chi connectivity index (χ0v) is 14.0. The number of carbonyl (C=O) groups is 1. The van der Waals surface area contributed by atoms with Gasteiger partial charge < -0.3 is 9.47 Å². The zero-order chi connectivity index (χ0) is 18.7. The Hall–Kier alpha value is -3.62.